The summed E-state index contributed by atoms with van der Waals surface area (Å²) in [6.07, 6.45) is 0. The Morgan fingerprint density at radius 2 is 1.75 bits per heavy atom. The second-order valence-electron chi connectivity index (χ2n) is 5.22. The number of para-hydroxylation sites is 2. The molecule has 0 heterocycles. The zero-order valence-electron chi connectivity index (χ0n) is 13.2. The predicted molar refractivity (Wildman–Crippen MR) is 95.9 cm³/mol. The molecule has 3 rings (SSSR count). The molecule has 0 aliphatic carbocycles. The Hall–Kier alpha value is -3.21. The molecule has 0 saturated carbocycles. The molecule has 0 aliphatic rings. The molecule has 0 radical (unpaired) electrons. The van der Waals surface area contributed by atoms with E-state index < -0.39 is 0 Å². The van der Waals surface area contributed by atoms with Gasteiger partial charge in [0, 0.05) is 5.39 Å². The largest absolute Gasteiger partial charge is 0.508 e. The molecular weight excluding hydrogens is 304 g/mol. The molecule has 5 nitrogen and oxygen atoms in total. The molecule has 0 aliphatic heterocycles. The monoisotopic (exact) mass is 322 g/mol. The van der Waals surface area contributed by atoms with Crippen LogP contribution in [0, 0.1) is 0 Å². The van der Waals surface area contributed by atoms with E-state index >= 15 is 0 Å². The van der Waals surface area contributed by atoms with Gasteiger partial charge in [-0.15, -0.1) is 0 Å². The Bertz CT molecular complexity index is 877. The second kappa shape index (κ2) is 6.91. The average Bonchev–Trinajstić information content (AvgIpc) is 2.57. The number of phenolic OH excluding ortho intramolecular Hbond substituents is 1. The number of hydrogen-bond acceptors (Lipinski definition) is 3. The molecule has 2 amide bonds. The van der Waals surface area contributed by atoms with Crippen LogP contribution in [0.25, 0.3) is 10.8 Å². The molecule has 0 unspecified atom stereocenters. The van der Waals surface area contributed by atoms with Crippen LogP contribution < -0.4 is 15.4 Å². The predicted octanol–water partition coefficient (Wildman–Crippen LogP) is 4.59. The van der Waals surface area contributed by atoms with Gasteiger partial charge in [-0.3, -0.25) is 0 Å². The van der Waals surface area contributed by atoms with E-state index in [1.165, 1.54) is 0 Å². The van der Waals surface area contributed by atoms with Crippen molar-refractivity contribution in [1.29, 1.82) is 0 Å². The zero-order valence-corrected chi connectivity index (χ0v) is 13.2. The van der Waals surface area contributed by atoms with Gasteiger partial charge in [-0.05, 0) is 42.6 Å². The van der Waals surface area contributed by atoms with E-state index in [0.29, 0.717) is 23.7 Å². The maximum Gasteiger partial charge on any atom is 0.323 e. The highest BCUT2D eigenvalue weighted by Crippen LogP contribution is 2.28. The highest BCUT2D eigenvalue weighted by Gasteiger charge is 2.09. The summed E-state index contributed by atoms with van der Waals surface area (Å²) in [5.41, 5.74) is 1.22. The Balaban J connectivity index is 1.82. The number of rotatable bonds is 4. The first-order valence-electron chi connectivity index (χ1n) is 7.69. The van der Waals surface area contributed by atoms with E-state index in [1.807, 2.05) is 31.2 Å². The maximum absolute atomic E-state index is 12.3. The standard InChI is InChI=1S/C19H18N2O3/c1-2-24-18-9-4-3-7-17(18)21-19(23)20-16-8-5-6-13-10-11-14(22)12-15(13)16/h3-12,22H,2H2,1H3,(H2,20,21,23). The lowest BCUT2D eigenvalue weighted by atomic mass is 10.1. The third-order valence-corrected chi connectivity index (χ3v) is 3.55. The van der Waals surface area contributed by atoms with Crippen LogP contribution in [0.3, 0.4) is 0 Å². The molecule has 0 aromatic heterocycles. The highest BCUT2D eigenvalue weighted by molar-refractivity contribution is 6.06. The number of nitrogens with one attached hydrogen (secondary N) is 2. The number of fused-ring (bicyclic) bond motifs is 1. The average molecular weight is 322 g/mol. The van der Waals surface area contributed by atoms with E-state index in [9.17, 15) is 9.90 Å². The van der Waals surface area contributed by atoms with Crippen molar-refractivity contribution in [2.75, 3.05) is 17.2 Å². The van der Waals surface area contributed by atoms with Crippen molar-refractivity contribution in [3.8, 4) is 11.5 Å². The summed E-state index contributed by atoms with van der Waals surface area (Å²) in [7, 11) is 0. The molecular formula is C19H18N2O3. The van der Waals surface area contributed by atoms with Crippen molar-refractivity contribution >= 4 is 28.2 Å². The molecule has 0 bridgehead atoms. The van der Waals surface area contributed by atoms with Crippen LogP contribution in [-0.2, 0) is 0 Å². The van der Waals surface area contributed by atoms with E-state index in [4.69, 9.17) is 4.74 Å². The minimum absolute atomic E-state index is 0.152. The number of phenols is 1. The molecule has 3 aromatic carbocycles. The molecule has 3 aromatic rings. The van der Waals surface area contributed by atoms with E-state index in [2.05, 4.69) is 10.6 Å². The van der Waals surface area contributed by atoms with Crippen molar-refractivity contribution in [2.45, 2.75) is 6.92 Å². The molecule has 0 saturated heterocycles. The Kier molecular flexibility index (Phi) is 4.52. The number of anilines is 2. The Morgan fingerprint density at radius 1 is 1.00 bits per heavy atom. The number of amides is 2. The summed E-state index contributed by atoms with van der Waals surface area (Å²) >= 11 is 0. The number of urea groups is 1. The van der Waals surface area contributed by atoms with Crippen LogP contribution in [0.1, 0.15) is 6.92 Å². The molecule has 122 valence electrons. The van der Waals surface area contributed by atoms with Gasteiger partial charge in [0.25, 0.3) is 0 Å². The fraction of sp³-hybridized carbons (Fsp3) is 0.105. The van der Waals surface area contributed by atoms with Crippen molar-refractivity contribution in [3.05, 3.63) is 60.7 Å². The minimum Gasteiger partial charge on any atom is -0.508 e. The van der Waals surface area contributed by atoms with Crippen LogP contribution in [0.2, 0.25) is 0 Å². The summed E-state index contributed by atoms with van der Waals surface area (Å²) in [6.45, 7) is 2.41. The normalized spacial score (nSPS) is 10.4. The first-order valence-corrected chi connectivity index (χ1v) is 7.69. The fourth-order valence-corrected chi connectivity index (χ4v) is 2.50. The number of carbonyl (C=O) groups excluding carboxylic acids is 1. The van der Waals surface area contributed by atoms with Crippen molar-refractivity contribution in [3.63, 3.8) is 0 Å². The summed E-state index contributed by atoms with van der Waals surface area (Å²) in [4.78, 5) is 12.3. The number of aromatic hydroxyl groups is 1. The maximum atomic E-state index is 12.3. The topological polar surface area (TPSA) is 70.6 Å². The summed E-state index contributed by atoms with van der Waals surface area (Å²) in [6, 6.07) is 17.5. The molecule has 0 fully saturated rings. The van der Waals surface area contributed by atoms with Crippen molar-refractivity contribution < 1.29 is 14.6 Å². The van der Waals surface area contributed by atoms with E-state index in [1.54, 1.807) is 36.4 Å². The van der Waals surface area contributed by atoms with Gasteiger partial charge in [0.05, 0.1) is 18.0 Å². The first kappa shape index (κ1) is 15.7. The number of benzene rings is 3. The van der Waals surface area contributed by atoms with Gasteiger partial charge in [0.1, 0.15) is 11.5 Å². The first-order chi connectivity index (χ1) is 11.7. The van der Waals surface area contributed by atoms with Crippen molar-refractivity contribution in [1.82, 2.24) is 0 Å². The summed E-state index contributed by atoms with van der Waals surface area (Å²) in [5, 5.41) is 17.0. The van der Waals surface area contributed by atoms with Crippen LogP contribution in [-0.4, -0.2) is 17.7 Å². The van der Waals surface area contributed by atoms with Crippen LogP contribution in [0.15, 0.2) is 60.7 Å². The van der Waals surface area contributed by atoms with Gasteiger partial charge >= 0.3 is 6.03 Å². The third-order valence-electron chi connectivity index (χ3n) is 3.55. The second-order valence-corrected chi connectivity index (χ2v) is 5.22. The summed E-state index contributed by atoms with van der Waals surface area (Å²) < 4.78 is 5.50. The van der Waals surface area contributed by atoms with Gasteiger partial charge in [-0.25, -0.2) is 4.79 Å². The minimum atomic E-state index is -0.377. The Labute approximate surface area is 139 Å². The SMILES string of the molecule is CCOc1ccccc1NC(=O)Nc1cccc2ccc(O)cc12. The van der Waals surface area contributed by atoms with Gasteiger partial charge < -0.3 is 20.5 Å². The van der Waals surface area contributed by atoms with E-state index in [-0.39, 0.29) is 11.8 Å². The van der Waals surface area contributed by atoms with Crippen molar-refractivity contribution in [2.24, 2.45) is 0 Å². The van der Waals surface area contributed by atoms with E-state index in [0.717, 1.165) is 10.8 Å². The highest BCUT2D eigenvalue weighted by atomic mass is 16.5. The molecule has 5 heteroatoms. The molecule has 0 atom stereocenters. The van der Waals surface area contributed by atoms with Gasteiger partial charge in [-0.2, -0.15) is 0 Å². The summed E-state index contributed by atoms with van der Waals surface area (Å²) in [5.74, 6) is 0.768. The molecule has 3 N–H and O–H groups in total. The van der Waals surface area contributed by atoms with Gasteiger partial charge in [0.2, 0.25) is 0 Å². The van der Waals surface area contributed by atoms with Crippen LogP contribution in [0.4, 0.5) is 16.2 Å². The quantitative estimate of drug-likeness (QED) is 0.658. The van der Waals surface area contributed by atoms with Gasteiger partial charge in [-0.1, -0.05) is 30.3 Å². The van der Waals surface area contributed by atoms with Crippen LogP contribution in [0.5, 0.6) is 11.5 Å². The van der Waals surface area contributed by atoms with Gasteiger partial charge in [0.15, 0.2) is 0 Å². The fourth-order valence-electron chi connectivity index (χ4n) is 2.50. The number of carbonyl (C=O) groups is 1. The molecule has 0 spiro atoms. The lowest BCUT2D eigenvalue weighted by molar-refractivity contribution is 0.262. The zero-order chi connectivity index (χ0) is 16.9. The smallest absolute Gasteiger partial charge is 0.323 e. The molecule has 24 heavy (non-hydrogen) atoms. The lowest BCUT2D eigenvalue weighted by Crippen LogP contribution is -2.20. The third kappa shape index (κ3) is 3.41. The lowest BCUT2D eigenvalue weighted by Gasteiger charge is -2.13. The Morgan fingerprint density at radius 3 is 2.58 bits per heavy atom. The number of ether oxygens (including phenoxy) is 1. The van der Waals surface area contributed by atoms with Crippen LogP contribution >= 0.6 is 0 Å². The number of hydrogen-bond donors (Lipinski definition) is 3.